The van der Waals surface area contributed by atoms with E-state index >= 15 is 0 Å². The molecule has 2 heterocycles. The molecule has 1 atom stereocenters. The van der Waals surface area contributed by atoms with Crippen molar-refractivity contribution >= 4 is 5.82 Å². The maximum Gasteiger partial charge on any atom is 0.293 e. The number of hydrogen-bond donors (Lipinski definition) is 1. The quantitative estimate of drug-likeness (QED) is 0.830. The Morgan fingerprint density at radius 1 is 1.59 bits per heavy atom. The van der Waals surface area contributed by atoms with Gasteiger partial charge in [0.25, 0.3) is 5.56 Å². The number of anilines is 1. The molecule has 0 amide bonds. The number of β-amino-alcohol motifs (C(OH)–C–C–N with tert-alkyl or cyclic N) is 1. The molecule has 94 valence electrons. The van der Waals surface area contributed by atoms with Crippen LogP contribution >= 0.6 is 0 Å². The second-order valence-corrected chi connectivity index (χ2v) is 4.99. The third kappa shape index (κ3) is 2.66. The van der Waals surface area contributed by atoms with Crippen LogP contribution in [-0.4, -0.2) is 33.9 Å². The summed E-state index contributed by atoms with van der Waals surface area (Å²) < 4.78 is 1.69. The van der Waals surface area contributed by atoms with Gasteiger partial charge in [0.1, 0.15) is 0 Å². The van der Waals surface area contributed by atoms with Crippen molar-refractivity contribution in [3.63, 3.8) is 0 Å². The Labute approximate surface area is 101 Å². The topological polar surface area (TPSA) is 58.4 Å². The average molecular weight is 237 g/mol. The molecule has 0 spiro atoms. The molecule has 5 heteroatoms. The van der Waals surface area contributed by atoms with Gasteiger partial charge in [-0.3, -0.25) is 4.79 Å². The van der Waals surface area contributed by atoms with Crippen LogP contribution in [0.3, 0.4) is 0 Å². The van der Waals surface area contributed by atoms with Crippen molar-refractivity contribution in [1.82, 2.24) is 9.55 Å². The molecule has 1 aromatic rings. The number of aromatic nitrogens is 2. The Bertz CT molecular complexity index is 442. The maximum absolute atomic E-state index is 12.2. The lowest BCUT2D eigenvalue weighted by atomic mass is 10.2. The first kappa shape index (κ1) is 12.1. The van der Waals surface area contributed by atoms with Crippen molar-refractivity contribution in [3.8, 4) is 0 Å². The molecular formula is C12H19N3O2. The third-order valence-electron chi connectivity index (χ3n) is 2.92. The van der Waals surface area contributed by atoms with Gasteiger partial charge in [0.05, 0.1) is 6.10 Å². The van der Waals surface area contributed by atoms with Gasteiger partial charge in [0, 0.05) is 32.0 Å². The lowest BCUT2D eigenvalue weighted by molar-refractivity contribution is 0.198. The van der Waals surface area contributed by atoms with Crippen LogP contribution in [-0.2, 0) is 6.54 Å². The van der Waals surface area contributed by atoms with Crippen molar-refractivity contribution in [1.29, 1.82) is 0 Å². The largest absolute Gasteiger partial charge is 0.391 e. The summed E-state index contributed by atoms with van der Waals surface area (Å²) in [6.07, 6.45) is 3.75. The van der Waals surface area contributed by atoms with Gasteiger partial charge in [-0.1, -0.05) is 13.8 Å². The van der Waals surface area contributed by atoms with Gasteiger partial charge in [0.2, 0.25) is 0 Å². The zero-order valence-corrected chi connectivity index (χ0v) is 10.3. The molecule has 17 heavy (non-hydrogen) atoms. The van der Waals surface area contributed by atoms with Crippen LogP contribution in [0.1, 0.15) is 20.3 Å². The van der Waals surface area contributed by atoms with Gasteiger partial charge in [-0.2, -0.15) is 0 Å². The molecule has 1 aliphatic heterocycles. The Kier molecular flexibility index (Phi) is 3.47. The number of rotatable bonds is 3. The lowest BCUT2D eigenvalue weighted by Crippen LogP contribution is -2.33. The fourth-order valence-electron chi connectivity index (χ4n) is 2.12. The Morgan fingerprint density at radius 2 is 2.35 bits per heavy atom. The zero-order valence-electron chi connectivity index (χ0n) is 10.3. The van der Waals surface area contributed by atoms with Crippen LogP contribution in [0.5, 0.6) is 0 Å². The summed E-state index contributed by atoms with van der Waals surface area (Å²) >= 11 is 0. The van der Waals surface area contributed by atoms with Crippen LogP contribution in [0, 0.1) is 5.92 Å². The van der Waals surface area contributed by atoms with E-state index in [1.165, 1.54) is 0 Å². The first-order valence-corrected chi connectivity index (χ1v) is 6.06. The highest BCUT2D eigenvalue weighted by Crippen LogP contribution is 2.14. The Hall–Kier alpha value is -1.36. The second-order valence-electron chi connectivity index (χ2n) is 4.99. The summed E-state index contributed by atoms with van der Waals surface area (Å²) in [5.74, 6) is 0.886. The Morgan fingerprint density at radius 3 is 2.94 bits per heavy atom. The fourth-order valence-corrected chi connectivity index (χ4v) is 2.12. The van der Waals surface area contributed by atoms with Gasteiger partial charge in [-0.15, -0.1) is 0 Å². The van der Waals surface area contributed by atoms with Gasteiger partial charge >= 0.3 is 0 Å². The maximum atomic E-state index is 12.2. The second kappa shape index (κ2) is 4.87. The minimum absolute atomic E-state index is 0.0599. The van der Waals surface area contributed by atoms with E-state index in [4.69, 9.17) is 0 Å². The SMILES string of the molecule is CC(C)Cn1ccnc(N2CC[C@@H](O)C2)c1=O. The normalized spacial score (nSPS) is 20.2. The van der Waals surface area contributed by atoms with Crippen LogP contribution in [0.2, 0.25) is 0 Å². The highest BCUT2D eigenvalue weighted by atomic mass is 16.3. The highest BCUT2D eigenvalue weighted by molar-refractivity contribution is 5.37. The molecular weight excluding hydrogens is 218 g/mol. The highest BCUT2D eigenvalue weighted by Gasteiger charge is 2.23. The summed E-state index contributed by atoms with van der Waals surface area (Å²) in [7, 11) is 0. The average Bonchev–Trinajstić information content (AvgIpc) is 2.67. The molecule has 1 saturated heterocycles. The van der Waals surface area contributed by atoms with E-state index in [2.05, 4.69) is 18.8 Å². The minimum Gasteiger partial charge on any atom is -0.391 e. The van der Waals surface area contributed by atoms with E-state index in [1.807, 2.05) is 4.90 Å². The number of aliphatic hydroxyl groups excluding tert-OH is 1. The molecule has 0 aromatic carbocycles. The van der Waals surface area contributed by atoms with E-state index in [1.54, 1.807) is 17.0 Å². The van der Waals surface area contributed by atoms with Crippen LogP contribution in [0.4, 0.5) is 5.82 Å². The molecule has 1 N–H and O–H groups in total. The third-order valence-corrected chi connectivity index (χ3v) is 2.92. The lowest BCUT2D eigenvalue weighted by Gasteiger charge is -2.17. The van der Waals surface area contributed by atoms with Gasteiger partial charge < -0.3 is 14.6 Å². The van der Waals surface area contributed by atoms with E-state index < -0.39 is 0 Å². The predicted molar refractivity (Wildman–Crippen MR) is 66.2 cm³/mol. The molecule has 0 aliphatic carbocycles. The van der Waals surface area contributed by atoms with Crippen LogP contribution < -0.4 is 10.5 Å². The molecule has 2 rings (SSSR count). The molecule has 0 unspecified atom stereocenters. The molecule has 1 aromatic heterocycles. The monoisotopic (exact) mass is 237 g/mol. The zero-order chi connectivity index (χ0) is 12.4. The molecule has 0 radical (unpaired) electrons. The summed E-state index contributed by atoms with van der Waals surface area (Å²) in [4.78, 5) is 18.2. The summed E-state index contributed by atoms with van der Waals surface area (Å²) in [5.41, 5.74) is -0.0599. The Balaban J connectivity index is 2.26. The summed E-state index contributed by atoms with van der Waals surface area (Å²) in [6.45, 7) is 6.06. The van der Waals surface area contributed by atoms with Crippen molar-refractivity contribution in [2.24, 2.45) is 5.92 Å². The fraction of sp³-hybridized carbons (Fsp3) is 0.667. The van der Waals surface area contributed by atoms with E-state index in [0.29, 0.717) is 37.8 Å². The van der Waals surface area contributed by atoms with E-state index in [-0.39, 0.29) is 11.7 Å². The standard InChI is InChI=1S/C12H19N3O2/c1-9(2)7-15-6-4-13-11(12(15)17)14-5-3-10(16)8-14/h4,6,9-10,16H,3,5,7-8H2,1-2H3/t10-/m1/s1. The van der Waals surface area contributed by atoms with E-state index in [9.17, 15) is 9.90 Å². The van der Waals surface area contributed by atoms with Crippen LogP contribution in [0.15, 0.2) is 17.2 Å². The molecule has 0 saturated carbocycles. The number of aliphatic hydroxyl groups is 1. The minimum atomic E-state index is -0.338. The van der Waals surface area contributed by atoms with E-state index in [0.717, 1.165) is 0 Å². The smallest absolute Gasteiger partial charge is 0.293 e. The van der Waals surface area contributed by atoms with Crippen molar-refractivity contribution in [3.05, 3.63) is 22.7 Å². The predicted octanol–water partition coefficient (Wildman–Crippen LogP) is 0.470. The van der Waals surface area contributed by atoms with Gasteiger partial charge in [-0.05, 0) is 12.3 Å². The first-order valence-electron chi connectivity index (χ1n) is 6.06. The number of nitrogens with zero attached hydrogens (tertiary/aromatic N) is 3. The molecule has 0 bridgehead atoms. The molecule has 1 fully saturated rings. The summed E-state index contributed by atoms with van der Waals surface area (Å²) in [6, 6.07) is 0. The van der Waals surface area contributed by atoms with Crippen molar-refractivity contribution < 1.29 is 5.11 Å². The summed E-state index contributed by atoms with van der Waals surface area (Å²) in [5, 5.41) is 9.49. The van der Waals surface area contributed by atoms with Gasteiger partial charge in [-0.25, -0.2) is 4.98 Å². The van der Waals surface area contributed by atoms with Crippen LogP contribution in [0.25, 0.3) is 0 Å². The molecule has 1 aliphatic rings. The van der Waals surface area contributed by atoms with Crippen molar-refractivity contribution in [2.45, 2.75) is 32.9 Å². The van der Waals surface area contributed by atoms with Gasteiger partial charge in [0.15, 0.2) is 5.82 Å². The first-order chi connectivity index (χ1) is 8.08. The molecule has 5 nitrogen and oxygen atoms in total. The van der Waals surface area contributed by atoms with Crippen molar-refractivity contribution in [2.75, 3.05) is 18.0 Å². The number of hydrogen-bond acceptors (Lipinski definition) is 4.